The number of aryl methyl sites for hydroxylation is 2. The lowest BCUT2D eigenvalue weighted by Gasteiger charge is -2.38. The molecule has 1 aromatic heterocycles. The molecule has 21 heavy (non-hydrogen) atoms. The van der Waals surface area contributed by atoms with Crippen LogP contribution in [-0.4, -0.2) is 6.04 Å². The molecular weight excluding hydrogens is 326 g/mol. The monoisotopic (exact) mass is 347 g/mol. The Morgan fingerprint density at radius 1 is 1.24 bits per heavy atom. The van der Waals surface area contributed by atoms with E-state index in [9.17, 15) is 0 Å². The zero-order valence-electron chi connectivity index (χ0n) is 12.8. The van der Waals surface area contributed by atoms with Crippen molar-refractivity contribution in [2.45, 2.75) is 51.6 Å². The summed E-state index contributed by atoms with van der Waals surface area (Å²) < 4.78 is 6.87. The van der Waals surface area contributed by atoms with E-state index in [0.717, 1.165) is 11.5 Å². The Hall–Kier alpha value is -1.06. The van der Waals surface area contributed by atoms with Gasteiger partial charge in [-0.3, -0.25) is 0 Å². The molecule has 1 unspecified atom stereocenters. The number of halogens is 1. The lowest BCUT2D eigenvalue weighted by molar-refractivity contribution is 0.269. The fraction of sp³-hybridized carbons (Fsp3) is 0.444. The molecule has 1 atom stereocenters. The smallest absolute Gasteiger partial charge is 0.105 e. The molecule has 3 heteroatoms. The molecule has 0 bridgehead atoms. The van der Waals surface area contributed by atoms with Gasteiger partial charge in [-0.05, 0) is 57.2 Å². The van der Waals surface area contributed by atoms with Crippen molar-refractivity contribution in [3.05, 3.63) is 57.5 Å². The highest BCUT2D eigenvalue weighted by Gasteiger charge is 2.32. The number of rotatable bonds is 4. The molecule has 0 saturated heterocycles. The van der Waals surface area contributed by atoms with Gasteiger partial charge in [-0.2, -0.15) is 0 Å². The third-order valence-corrected chi connectivity index (χ3v) is 5.24. The molecule has 1 N–H and O–H groups in total. The van der Waals surface area contributed by atoms with Gasteiger partial charge >= 0.3 is 0 Å². The quantitative estimate of drug-likeness (QED) is 0.816. The van der Waals surface area contributed by atoms with Crippen LogP contribution in [0.15, 0.2) is 39.2 Å². The molecule has 0 amide bonds. The van der Waals surface area contributed by atoms with Gasteiger partial charge in [0.05, 0.1) is 0 Å². The maximum atomic E-state index is 5.63. The predicted molar refractivity (Wildman–Crippen MR) is 89.6 cm³/mol. The van der Waals surface area contributed by atoms with Crippen molar-refractivity contribution in [3.63, 3.8) is 0 Å². The normalized spacial score (nSPS) is 22.9. The summed E-state index contributed by atoms with van der Waals surface area (Å²) in [5.41, 5.74) is 2.73. The Morgan fingerprint density at radius 3 is 2.57 bits per heavy atom. The first kappa shape index (κ1) is 14.9. The van der Waals surface area contributed by atoms with Crippen LogP contribution in [0, 0.1) is 13.8 Å². The highest BCUT2D eigenvalue weighted by molar-refractivity contribution is 9.10. The van der Waals surface area contributed by atoms with Crippen LogP contribution in [0.5, 0.6) is 0 Å². The molecule has 1 aromatic carbocycles. The third-order valence-electron chi connectivity index (χ3n) is 4.51. The standard InChI is InChI=1S/C18H22BrNO/c1-11-8-17(13(3)21-11)12(2)20-15-9-14(10-15)16-6-4-5-7-18(16)19/h4-8,12,14-15,20H,9-10H2,1-3H3. The van der Waals surface area contributed by atoms with Crippen LogP contribution in [0.1, 0.15) is 54.4 Å². The molecular formula is C18H22BrNO. The number of nitrogens with one attached hydrogen (secondary N) is 1. The van der Waals surface area contributed by atoms with E-state index in [1.807, 2.05) is 13.8 Å². The molecule has 1 aliphatic rings. The Balaban J connectivity index is 1.58. The summed E-state index contributed by atoms with van der Waals surface area (Å²) in [6, 6.07) is 11.7. The lowest BCUT2D eigenvalue weighted by atomic mass is 9.75. The first-order chi connectivity index (χ1) is 10.0. The molecule has 1 heterocycles. The molecule has 2 aromatic rings. The van der Waals surface area contributed by atoms with Crippen molar-refractivity contribution >= 4 is 15.9 Å². The Bertz CT molecular complexity index is 628. The number of hydrogen-bond donors (Lipinski definition) is 1. The van der Waals surface area contributed by atoms with Crippen LogP contribution in [0.3, 0.4) is 0 Å². The minimum atomic E-state index is 0.354. The summed E-state index contributed by atoms with van der Waals surface area (Å²) >= 11 is 3.66. The van der Waals surface area contributed by atoms with Crippen molar-refractivity contribution in [2.75, 3.05) is 0 Å². The van der Waals surface area contributed by atoms with Crippen molar-refractivity contribution in [1.29, 1.82) is 0 Å². The Labute approximate surface area is 135 Å². The van der Waals surface area contributed by atoms with Crippen LogP contribution >= 0.6 is 15.9 Å². The fourth-order valence-electron chi connectivity index (χ4n) is 3.34. The van der Waals surface area contributed by atoms with Gasteiger partial charge < -0.3 is 9.73 Å². The second-order valence-electron chi connectivity index (χ2n) is 6.14. The van der Waals surface area contributed by atoms with E-state index >= 15 is 0 Å². The maximum Gasteiger partial charge on any atom is 0.105 e. The molecule has 112 valence electrons. The van der Waals surface area contributed by atoms with Crippen molar-refractivity contribution < 1.29 is 4.42 Å². The third kappa shape index (κ3) is 3.09. The van der Waals surface area contributed by atoms with Crippen LogP contribution in [0.4, 0.5) is 0 Å². The van der Waals surface area contributed by atoms with E-state index in [4.69, 9.17) is 4.42 Å². The van der Waals surface area contributed by atoms with E-state index in [2.05, 4.69) is 58.5 Å². The highest BCUT2D eigenvalue weighted by atomic mass is 79.9. The van der Waals surface area contributed by atoms with Crippen molar-refractivity contribution in [1.82, 2.24) is 5.32 Å². The zero-order valence-corrected chi connectivity index (χ0v) is 14.4. The first-order valence-electron chi connectivity index (χ1n) is 7.62. The van der Waals surface area contributed by atoms with Crippen molar-refractivity contribution in [3.8, 4) is 0 Å². The molecule has 0 radical (unpaired) electrons. The maximum absolute atomic E-state index is 5.63. The molecule has 0 aliphatic heterocycles. The average Bonchev–Trinajstić information content (AvgIpc) is 2.73. The Morgan fingerprint density at radius 2 is 1.95 bits per heavy atom. The summed E-state index contributed by atoms with van der Waals surface area (Å²) in [6.07, 6.45) is 2.42. The van der Waals surface area contributed by atoms with E-state index in [0.29, 0.717) is 18.0 Å². The van der Waals surface area contributed by atoms with E-state index in [1.54, 1.807) is 0 Å². The summed E-state index contributed by atoms with van der Waals surface area (Å²) in [5.74, 6) is 2.71. The largest absolute Gasteiger partial charge is 0.466 e. The summed E-state index contributed by atoms with van der Waals surface area (Å²) in [5, 5.41) is 3.73. The van der Waals surface area contributed by atoms with Gasteiger partial charge in [0.2, 0.25) is 0 Å². The van der Waals surface area contributed by atoms with Gasteiger partial charge in [-0.1, -0.05) is 34.1 Å². The van der Waals surface area contributed by atoms with Gasteiger partial charge in [0.1, 0.15) is 11.5 Å². The molecule has 1 saturated carbocycles. The van der Waals surface area contributed by atoms with Crippen LogP contribution in [0.2, 0.25) is 0 Å². The predicted octanol–water partition coefficient (Wildman–Crippen LogP) is 5.26. The van der Waals surface area contributed by atoms with Crippen LogP contribution < -0.4 is 5.32 Å². The molecule has 3 rings (SSSR count). The molecule has 0 spiro atoms. The highest BCUT2D eigenvalue weighted by Crippen LogP contribution is 2.41. The topological polar surface area (TPSA) is 25.2 Å². The first-order valence-corrected chi connectivity index (χ1v) is 8.41. The fourth-order valence-corrected chi connectivity index (χ4v) is 3.95. The number of benzene rings is 1. The van der Waals surface area contributed by atoms with E-state index in [1.165, 1.54) is 28.4 Å². The average molecular weight is 348 g/mol. The van der Waals surface area contributed by atoms with Crippen LogP contribution in [-0.2, 0) is 0 Å². The Kier molecular flexibility index (Phi) is 4.23. The van der Waals surface area contributed by atoms with Crippen LogP contribution in [0.25, 0.3) is 0 Å². The summed E-state index contributed by atoms with van der Waals surface area (Å²) in [4.78, 5) is 0. The van der Waals surface area contributed by atoms with Crippen molar-refractivity contribution in [2.24, 2.45) is 0 Å². The minimum absolute atomic E-state index is 0.354. The van der Waals surface area contributed by atoms with Gasteiger partial charge in [-0.15, -0.1) is 0 Å². The van der Waals surface area contributed by atoms with Gasteiger partial charge in [-0.25, -0.2) is 0 Å². The summed E-state index contributed by atoms with van der Waals surface area (Å²) in [7, 11) is 0. The zero-order chi connectivity index (χ0) is 15.0. The van der Waals surface area contributed by atoms with E-state index < -0.39 is 0 Å². The second kappa shape index (κ2) is 5.98. The molecule has 2 nitrogen and oxygen atoms in total. The van der Waals surface area contributed by atoms with Gasteiger partial charge in [0.15, 0.2) is 0 Å². The minimum Gasteiger partial charge on any atom is -0.466 e. The van der Waals surface area contributed by atoms with E-state index in [-0.39, 0.29) is 0 Å². The van der Waals surface area contributed by atoms with Gasteiger partial charge in [0, 0.05) is 22.1 Å². The second-order valence-corrected chi connectivity index (χ2v) is 7.00. The number of furan rings is 1. The SMILES string of the molecule is Cc1cc(C(C)NC2CC(c3ccccc3Br)C2)c(C)o1. The van der Waals surface area contributed by atoms with Gasteiger partial charge in [0.25, 0.3) is 0 Å². The summed E-state index contributed by atoms with van der Waals surface area (Å²) in [6.45, 7) is 6.28. The molecule has 1 fully saturated rings. The number of hydrogen-bond acceptors (Lipinski definition) is 2. The lowest BCUT2D eigenvalue weighted by Crippen LogP contribution is -2.41. The molecule has 1 aliphatic carbocycles.